The normalized spacial score (nSPS) is 14.7. The Morgan fingerprint density at radius 3 is 1.56 bits per heavy atom. The molecule has 0 saturated heterocycles. The molecule has 0 aliphatic carbocycles. The molecule has 18 heavy (non-hydrogen) atoms. The molecule has 110 valence electrons. The monoisotopic (exact) mass is 256 g/mol. The van der Waals surface area contributed by atoms with Crippen LogP contribution >= 0.6 is 0 Å². The third kappa shape index (κ3) is 11.1. The summed E-state index contributed by atoms with van der Waals surface area (Å²) in [6, 6.07) is 0. The van der Waals surface area contributed by atoms with Crippen LogP contribution in [0.2, 0.25) is 0 Å². The highest BCUT2D eigenvalue weighted by molar-refractivity contribution is 4.65. The van der Waals surface area contributed by atoms with Gasteiger partial charge < -0.3 is 5.11 Å². The Hall–Kier alpha value is -0.0400. The van der Waals surface area contributed by atoms with Crippen LogP contribution in [0.15, 0.2) is 0 Å². The predicted octanol–water partition coefficient (Wildman–Crippen LogP) is 5.70. The van der Waals surface area contributed by atoms with Crippen LogP contribution in [0.5, 0.6) is 0 Å². The Balaban J connectivity index is 3.46. The van der Waals surface area contributed by atoms with Crippen molar-refractivity contribution in [3.8, 4) is 0 Å². The van der Waals surface area contributed by atoms with Gasteiger partial charge in [0.1, 0.15) is 0 Å². The summed E-state index contributed by atoms with van der Waals surface area (Å²) in [4.78, 5) is 0. The first-order valence-electron chi connectivity index (χ1n) is 8.40. The van der Waals surface area contributed by atoms with Gasteiger partial charge >= 0.3 is 0 Å². The van der Waals surface area contributed by atoms with E-state index in [4.69, 9.17) is 0 Å². The summed E-state index contributed by atoms with van der Waals surface area (Å²) in [6.07, 6.45) is 15.9. The van der Waals surface area contributed by atoms with Crippen LogP contribution in [-0.2, 0) is 0 Å². The SMILES string of the molecule is CCCCCCCCCC(CCCCC)C(C)O. The van der Waals surface area contributed by atoms with Crippen LogP contribution in [-0.4, -0.2) is 11.2 Å². The molecule has 0 bridgehead atoms. The third-order valence-corrected chi connectivity index (χ3v) is 4.04. The average molecular weight is 256 g/mol. The van der Waals surface area contributed by atoms with Crippen LogP contribution in [0.4, 0.5) is 0 Å². The van der Waals surface area contributed by atoms with Crippen molar-refractivity contribution in [2.45, 2.75) is 104 Å². The fourth-order valence-electron chi connectivity index (χ4n) is 2.65. The van der Waals surface area contributed by atoms with Crippen molar-refractivity contribution in [3.63, 3.8) is 0 Å². The van der Waals surface area contributed by atoms with Gasteiger partial charge in [-0.1, -0.05) is 78.1 Å². The average Bonchev–Trinajstić information content (AvgIpc) is 2.35. The second-order valence-corrected chi connectivity index (χ2v) is 5.91. The molecule has 0 amide bonds. The minimum absolute atomic E-state index is 0.109. The van der Waals surface area contributed by atoms with Gasteiger partial charge in [-0.05, 0) is 25.7 Å². The molecular formula is C17H36O. The van der Waals surface area contributed by atoms with E-state index in [0.717, 1.165) is 0 Å². The fourth-order valence-corrected chi connectivity index (χ4v) is 2.65. The molecule has 1 nitrogen and oxygen atoms in total. The quantitative estimate of drug-likeness (QED) is 0.419. The predicted molar refractivity (Wildman–Crippen MR) is 81.9 cm³/mol. The number of aliphatic hydroxyl groups is 1. The molecule has 1 heteroatoms. The van der Waals surface area contributed by atoms with Crippen molar-refractivity contribution in [1.82, 2.24) is 0 Å². The number of hydrogen-bond acceptors (Lipinski definition) is 1. The van der Waals surface area contributed by atoms with Gasteiger partial charge in [-0.2, -0.15) is 0 Å². The summed E-state index contributed by atoms with van der Waals surface area (Å²) in [5.41, 5.74) is 0. The van der Waals surface area contributed by atoms with Gasteiger partial charge in [0, 0.05) is 0 Å². The molecule has 1 N–H and O–H groups in total. The maximum Gasteiger partial charge on any atom is 0.0540 e. The Morgan fingerprint density at radius 2 is 1.06 bits per heavy atom. The summed E-state index contributed by atoms with van der Waals surface area (Å²) < 4.78 is 0. The molecule has 0 spiro atoms. The van der Waals surface area contributed by atoms with Crippen molar-refractivity contribution in [2.24, 2.45) is 5.92 Å². The number of rotatable bonds is 13. The van der Waals surface area contributed by atoms with E-state index in [9.17, 15) is 5.11 Å². The molecule has 0 aliphatic heterocycles. The molecule has 0 aromatic carbocycles. The van der Waals surface area contributed by atoms with Crippen molar-refractivity contribution in [2.75, 3.05) is 0 Å². The van der Waals surface area contributed by atoms with E-state index in [0.29, 0.717) is 5.92 Å². The lowest BCUT2D eigenvalue weighted by Gasteiger charge is -2.19. The molecule has 0 rings (SSSR count). The lowest BCUT2D eigenvalue weighted by atomic mass is 9.90. The van der Waals surface area contributed by atoms with Crippen LogP contribution in [0.1, 0.15) is 97.8 Å². The van der Waals surface area contributed by atoms with Gasteiger partial charge in [0.15, 0.2) is 0 Å². The summed E-state index contributed by atoms with van der Waals surface area (Å²) in [6.45, 7) is 6.48. The minimum atomic E-state index is -0.109. The van der Waals surface area contributed by atoms with E-state index >= 15 is 0 Å². The van der Waals surface area contributed by atoms with E-state index in [2.05, 4.69) is 13.8 Å². The van der Waals surface area contributed by atoms with E-state index in [-0.39, 0.29) is 6.10 Å². The zero-order valence-electron chi connectivity index (χ0n) is 13.1. The summed E-state index contributed by atoms with van der Waals surface area (Å²) in [7, 11) is 0. The fraction of sp³-hybridized carbons (Fsp3) is 1.00. The lowest BCUT2D eigenvalue weighted by molar-refractivity contribution is 0.111. The smallest absolute Gasteiger partial charge is 0.0540 e. The van der Waals surface area contributed by atoms with Crippen molar-refractivity contribution in [1.29, 1.82) is 0 Å². The second-order valence-electron chi connectivity index (χ2n) is 5.91. The molecule has 2 atom stereocenters. The van der Waals surface area contributed by atoms with Crippen LogP contribution in [0.25, 0.3) is 0 Å². The van der Waals surface area contributed by atoms with Gasteiger partial charge in [0.2, 0.25) is 0 Å². The first-order chi connectivity index (χ1) is 8.72. The molecule has 0 aromatic rings. The standard InChI is InChI=1S/C17H36O/c1-4-6-8-9-10-11-13-15-17(16(3)18)14-12-7-5-2/h16-18H,4-15H2,1-3H3. The van der Waals surface area contributed by atoms with Crippen LogP contribution in [0, 0.1) is 5.92 Å². The zero-order valence-corrected chi connectivity index (χ0v) is 13.1. The Kier molecular flexibility index (Phi) is 13.4. The van der Waals surface area contributed by atoms with Crippen molar-refractivity contribution < 1.29 is 5.11 Å². The lowest BCUT2D eigenvalue weighted by Crippen LogP contribution is -2.16. The third-order valence-electron chi connectivity index (χ3n) is 4.04. The Bertz CT molecular complexity index is 154. The molecule has 0 radical (unpaired) electrons. The number of hydrogen-bond donors (Lipinski definition) is 1. The summed E-state index contributed by atoms with van der Waals surface area (Å²) >= 11 is 0. The van der Waals surface area contributed by atoms with E-state index in [1.165, 1.54) is 77.0 Å². The molecule has 0 saturated carbocycles. The van der Waals surface area contributed by atoms with Crippen molar-refractivity contribution >= 4 is 0 Å². The highest BCUT2D eigenvalue weighted by atomic mass is 16.3. The van der Waals surface area contributed by atoms with Gasteiger partial charge in [-0.25, -0.2) is 0 Å². The van der Waals surface area contributed by atoms with E-state index < -0.39 is 0 Å². The van der Waals surface area contributed by atoms with Crippen molar-refractivity contribution in [3.05, 3.63) is 0 Å². The Morgan fingerprint density at radius 1 is 0.667 bits per heavy atom. The van der Waals surface area contributed by atoms with Gasteiger partial charge in [0.25, 0.3) is 0 Å². The van der Waals surface area contributed by atoms with Gasteiger partial charge in [-0.3, -0.25) is 0 Å². The first kappa shape index (κ1) is 18.0. The molecule has 0 aliphatic rings. The molecular weight excluding hydrogens is 220 g/mol. The highest BCUT2D eigenvalue weighted by Crippen LogP contribution is 2.21. The summed E-state index contributed by atoms with van der Waals surface area (Å²) in [5.74, 6) is 0.548. The summed E-state index contributed by atoms with van der Waals surface area (Å²) in [5, 5.41) is 9.78. The topological polar surface area (TPSA) is 20.2 Å². The molecule has 2 unspecified atom stereocenters. The van der Waals surface area contributed by atoms with E-state index in [1.54, 1.807) is 0 Å². The largest absolute Gasteiger partial charge is 0.393 e. The number of unbranched alkanes of at least 4 members (excludes halogenated alkanes) is 8. The molecule has 0 aromatic heterocycles. The zero-order chi connectivity index (χ0) is 13.6. The highest BCUT2D eigenvalue weighted by Gasteiger charge is 2.13. The minimum Gasteiger partial charge on any atom is -0.393 e. The van der Waals surface area contributed by atoms with Gasteiger partial charge in [0.05, 0.1) is 6.10 Å². The number of aliphatic hydroxyl groups excluding tert-OH is 1. The first-order valence-corrected chi connectivity index (χ1v) is 8.40. The second kappa shape index (κ2) is 13.4. The van der Waals surface area contributed by atoms with Crippen LogP contribution in [0.3, 0.4) is 0 Å². The van der Waals surface area contributed by atoms with Gasteiger partial charge in [-0.15, -0.1) is 0 Å². The van der Waals surface area contributed by atoms with Crippen LogP contribution < -0.4 is 0 Å². The molecule has 0 heterocycles. The maximum absolute atomic E-state index is 9.78. The molecule has 0 fully saturated rings. The van der Waals surface area contributed by atoms with E-state index in [1.807, 2.05) is 6.92 Å². The maximum atomic E-state index is 9.78. The Labute approximate surface area is 115 Å².